The van der Waals surface area contributed by atoms with Crippen LogP contribution in [0.2, 0.25) is 5.02 Å². The van der Waals surface area contributed by atoms with Gasteiger partial charge < -0.3 is 15.0 Å². The number of nitrogens with one attached hydrogen (secondary N) is 1. The lowest BCUT2D eigenvalue weighted by Gasteiger charge is -2.44. The van der Waals surface area contributed by atoms with Gasteiger partial charge in [0.25, 0.3) is 0 Å². The maximum atomic E-state index is 13.8. The van der Waals surface area contributed by atoms with Crippen LogP contribution in [0.4, 0.5) is 4.79 Å². The molecule has 42 heavy (non-hydrogen) atoms. The number of aromatic nitrogens is 1. The van der Waals surface area contributed by atoms with Gasteiger partial charge in [-0.2, -0.15) is 0 Å². The molecule has 1 unspecified atom stereocenters. The second kappa shape index (κ2) is 13.6. The van der Waals surface area contributed by atoms with Crippen LogP contribution < -0.4 is 5.32 Å². The number of amides is 2. The third-order valence-electron chi connectivity index (χ3n) is 7.49. The van der Waals surface area contributed by atoms with Crippen molar-refractivity contribution in [1.29, 1.82) is 0 Å². The number of pyridine rings is 1. The Labute approximate surface area is 262 Å². The van der Waals surface area contributed by atoms with Crippen LogP contribution in [-0.4, -0.2) is 90.3 Å². The highest BCUT2D eigenvalue weighted by atomic mass is 79.9. The number of hydrogen-bond donors (Lipinski definition) is 1. The first-order valence-electron chi connectivity index (χ1n) is 14.1. The van der Waals surface area contributed by atoms with Gasteiger partial charge in [-0.15, -0.1) is 0 Å². The van der Waals surface area contributed by atoms with E-state index in [4.69, 9.17) is 21.3 Å². The number of rotatable bonds is 7. The molecule has 2 heterocycles. The summed E-state index contributed by atoms with van der Waals surface area (Å²) in [6.45, 7) is 10.6. The van der Waals surface area contributed by atoms with E-state index < -0.39 is 17.7 Å². The first-order valence-corrected chi connectivity index (χ1v) is 15.3. The largest absolute Gasteiger partial charge is 0.444 e. The molecule has 1 saturated heterocycles. The Hall–Kier alpha value is -2.95. The Morgan fingerprint density at radius 1 is 1.24 bits per heavy atom. The van der Waals surface area contributed by atoms with E-state index in [1.807, 2.05) is 58.1 Å². The Kier molecular flexibility index (Phi) is 10.3. The molecule has 1 aliphatic heterocycles. The van der Waals surface area contributed by atoms with E-state index >= 15 is 0 Å². The van der Waals surface area contributed by atoms with Crippen LogP contribution in [0, 0.1) is 0 Å². The fourth-order valence-electron chi connectivity index (χ4n) is 5.52. The molecule has 4 rings (SSSR count). The summed E-state index contributed by atoms with van der Waals surface area (Å²) in [6, 6.07) is 7.18. The van der Waals surface area contributed by atoms with Crippen LogP contribution in [0.15, 0.2) is 51.8 Å². The molecule has 1 N–H and O–H groups in total. The Morgan fingerprint density at radius 3 is 2.67 bits per heavy atom. The minimum Gasteiger partial charge on any atom is -0.444 e. The lowest BCUT2D eigenvalue weighted by Crippen LogP contribution is -2.61. The minimum absolute atomic E-state index is 0.194. The standard InChI is InChI=1S/C31H40BrClN6O3/c1-31(2,3)42-30(41)39-14-13-38(19-26(39)29(40)35-12-11-24(18-34-4)37(5)6)28-25-10-9-23(33)16-20(25)7-8-21-15-22(32)17-36-27(21)28/h9-10,15-18,26,28H,4,7-8,11-14,19H2,1-3,5-6H3,(H,35,40)/b24-18-/t26-,28?/m1/s1. The predicted molar refractivity (Wildman–Crippen MR) is 170 cm³/mol. The summed E-state index contributed by atoms with van der Waals surface area (Å²) in [4.78, 5) is 41.6. The van der Waals surface area contributed by atoms with Gasteiger partial charge in [0.05, 0.1) is 11.7 Å². The number of carbonyl (C=O) groups is 2. The topological polar surface area (TPSA) is 90.4 Å². The third-order valence-corrected chi connectivity index (χ3v) is 8.16. The molecule has 2 aliphatic rings. The second-order valence-corrected chi connectivity index (χ2v) is 13.2. The van der Waals surface area contributed by atoms with Crippen molar-refractivity contribution >= 4 is 46.2 Å². The average Bonchev–Trinajstić information content (AvgIpc) is 3.07. The zero-order valence-electron chi connectivity index (χ0n) is 25.0. The molecular weight excluding hydrogens is 620 g/mol. The summed E-state index contributed by atoms with van der Waals surface area (Å²) in [5.74, 6) is -0.232. The fourth-order valence-corrected chi connectivity index (χ4v) is 6.10. The van der Waals surface area contributed by atoms with Crippen LogP contribution in [0.5, 0.6) is 0 Å². The minimum atomic E-state index is -0.754. The fraction of sp³-hybridized carbons (Fsp3) is 0.484. The average molecular weight is 660 g/mol. The van der Waals surface area contributed by atoms with E-state index in [0.29, 0.717) is 37.6 Å². The highest BCUT2D eigenvalue weighted by Crippen LogP contribution is 2.38. The first-order chi connectivity index (χ1) is 19.9. The van der Waals surface area contributed by atoms with Gasteiger partial charge in [-0.05, 0) is 91.1 Å². The van der Waals surface area contributed by atoms with Crippen molar-refractivity contribution in [1.82, 2.24) is 25.0 Å². The Balaban J connectivity index is 1.66. The molecule has 0 spiro atoms. The van der Waals surface area contributed by atoms with E-state index in [1.54, 1.807) is 11.1 Å². The van der Waals surface area contributed by atoms with E-state index in [9.17, 15) is 9.59 Å². The Morgan fingerprint density at radius 2 is 1.98 bits per heavy atom. The molecule has 2 aromatic rings. The first kappa shape index (κ1) is 32.0. The molecule has 0 saturated carbocycles. The van der Waals surface area contributed by atoms with E-state index in [-0.39, 0.29) is 11.9 Å². The maximum absolute atomic E-state index is 13.8. The number of carbonyl (C=O) groups excluding carboxylic acids is 2. The molecule has 1 fully saturated rings. The molecule has 0 radical (unpaired) electrons. The molecule has 11 heteroatoms. The van der Waals surface area contributed by atoms with Crippen molar-refractivity contribution in [2.75, 3.05) is 40.3 Å². The van der Waals surface area contributed by atoms with Crippen LogP contribution in [0.1, 0.15) is 55.6 Å². The van der Waals surface area contributed by atoms with Crippen LogP contribution in [0.25, 0.3) is 0 Å². The zero-order valence-corrected chi connectivity index (χ0v) is 27.3. The predicted octanol–water partition coefficient (Wildman–Crippen LogP) is 5.22. The van der Waals surface area contributed by atoms with Crippen LogP contribution in [-0.2, 0) is 22.4 Å². The normalized spacial score (nSPS) is 19.3. The lowest BCUT2D eigenvalue weighted by atomic mass is 9.95. The van der Waals surface area contributed by atoms with Crippen molar-refractivity contribution in [2.24, 2.45) is 4.99 Å². The van der Waals surface area contributed by atoms with Gasteiger partial charge >= 0.3 is 6.09 Å². The number of hydrogen-bond acceptors (Lipinski definition) is 7. The highest BCUT2D eigenvalue weighted by molar-refractivity contribution is 9.10. The number of aryl methyl sites for hydroxylation is 2. The van der Waals surface area contributed by atoms with Crippen molar-refractivity contribution in [2.45, 2.75) is 57.7 Å². The number of benzene rings is 1. The summed E-state index contributed by atoms with van der Waals surface area (Å²) in [5.41, 5.74) is 4.64. The molecule has 1 aliphatic carbocycles. The molecule has 2 atom stereocenters. The number of ether oxygens (including phenoxy) is 1. The zero-order chi connectivity index (χ0) is 30.6. The summed E-state index contributed by atoms with van der Waals surface area (Å²) >= 11 is 10.0. The molecule has 2 amide bonds. The van der Waals surface area contributed by atoms with Crippen LogP contribution >= 0.6 is 27.5 Å². The molecule has 9 nitrogen and oxygen atoms in total. The molecule has 0 bridgehead atoms. The van der Waals surface area contributed by atoms with Gasteiger partial charge in [0.1, 0.15) is 11.6 Å². The van der Waals surface area contributed by atoms with Gasteiger partial charge in [0.2, 0.25) is 5.91 Å². The Bertz CT molecular complexity index is 1310. The van der Waals surface area contributed by atoms with Crippen LogP contribution in [0.3, 0.4) is 0 Å². The van der Waals surface area contributed by atoms with Crippen molar-refractivity contribution in [3.8, 4) is 0 Å². The quantitative estimate of drug-likeness (QED) is 0.411. The monoisotopic (exact) mass is 658 g/mol. The molecule has 1 aromatic carbocycles. The summed E-state index contributed by atoms with van der Waals surface area (Å²) in [6.07, 6.45) is 5.24. The second-order valence-electron chi connectivity index (χ2n) is 11.9. The van der Waals surface area contributed by atoms with Gasteiger partial charge in [-0.1, -0.05) is 17.7 Å². The third kappa shape index (κ3) is 7.71. The number of piperazine rings is 1. The highest BCUT2D eigenvalue weighted by Gasteiger charge is 2.41. The van der Waals surface area contributed by atoms with E-state index in [1.165, 1.54) is 0 Å². The molecular formula is C31H40BrClN6O3. The summed E-state index contributed by atoms with van der Waals surface area (Å²) < 4.78 is 6.65. The van der Waals surface area contributed by atoms with E-state index in [2.05, 4.69) is 50.0 Å². The smallest absolute Gasteiger partial charge is 0.411 e. The van der Waals surface area contributed by atoms with Gasteiger partial charge in [0, 0.05) is 74.3 Å². The van der Waals surface area contributed by atoms with Crippen molar-refractivity contribution in [3.05, 3.63) is 74.2 Å². The molecule has 226 valence electrons. The van der Waals surface area contributed by atoms with Gasteiger partial charge in [-0.25, -0.2) is 4.79 Å². The number of aliphatic imine (C=N–C) groups is 1. The SMILES string of the molecule is C=N/C=C(/CCNC(=O)[C@H]1CN(C2c3ccc(Cl)cc3CCc3cc(Br)cnc32)CCN1C(=O)OC(C)(C)C)N(C)C. The van der Waals surface area contributed by atoms with Gasteiger partial charge in [-0.3, -0.25) is 24.6 Å². The number of fused-ring (bicyclic) bond motifs is 2. The number of halogens is 2. The summed E-state index contributed by atoms with van der Waals surface area (Å²) in [7, 11) is 3.84. The van der Waals surface area contributed by atoms with Crippen molar-refractivity contribution < 1.29 is 14.3 Å². The maximum Gasteiger partial charge on any atom is 0.411 e. The lowest BCUT2D eigenvalue weighted by molar-refractivity contribution is -0.129. The molecule has 1 aromatic heterocycles. The van der Waals surface area contributed by atoms with Crippen molar-refractivity contribution in [3.63, 3.8) is 0 Å². The number of nitrogens with zero attached hydrogens (tertiary/aromatic N) is 5. The van der Waals surface area contributed by atoms with Gasteiger partial charge in [0.15, 0.2) is 0 Å². The summed E-state index contributed by atoms with van der Waals surface area (Å²) in [5, 5.41) is 3.74. The van der Waals surface area contributed by atoms with E-state index in [0.717, 1.165) is 45.4 Å².